The molecule has 8 nitrogen and oxygen atoms in total. The fourth-order valence-corrected chi connectivity index (χ4v) is 2.73. The third-order valence-corrected chi connectivity index (χ3v) is 4.08. The van der Waals surface area contributed by atoms with Gasteiger partial charge >= 0.3 is 0 Å². The monoisotopic (exact) mass is 330 g/mol. The maximum Gasteiger partial charge on any atom is 0.275 e. The predicted octanol–water partition coefficient (Wildman–Crippen LogP) is 1.56. The van der Waals surface area contributed by atoms with Crippen LogP contribution in [0.5, 0.6) is 0 Å². The molecule has 0 aromatic carbocycles. The quantitative estimate of drug-likeness (QED) is 0.910. The molecule has 8 heteroatoms. The molecule has 0 radical (unpaired) electrons. The predicted molar refractivity (Wildman–Crippen MR) is 90.1 cm³/mol. The van der Waals surface area contributed by atoms with Gasteiger partial charge in [-0.2, -0.15) is 0 Å². The van der Waals surface area contributed by atoms with Gasteiger partial charge in [-0.05, 0) is 12.8 Å². The Bertz CT molecular complexity index is 706. The molecule has 2 aromatic heterocycles. The van der Waals surface area contributed by atoms with E-state index in [2.05, 4.69) is 20.3 Å². The number of hydrogen-bond donors (Lipinski definition) is 1. The molecule has 24 heavy (non-hydrogen) atoms. The van der Waals surface area contributed by atoms with Crippen molar-refractivity contribution in [3.8, 4) is 0 Å². The minimum atomic E-state index is -0.0674. The fraction of sp³-hybridized carbons (Fsp3) is 0.500. The lowest BCUT2D eigenvalue weighted by atomic mass is 10.0. The number of amides is 1. The molecule has 2 aromatic rings. The van der Waals surface area contributed by atoms with Crippen molar-refractivity contribution in [3.63, 3.8) is 0 Å². The van der Waals surface area contributed by atoms with Gasteiger partial charge in [0.05, 0.1) is 0 Å². The van der Waals surface area contributed by atoms with E-state index in [4.69, 9.17) is 4.42 Å². The molecule has 0 unspecified atom stereocenters. The van der Waals surface area contributed by atoms with E-state index in [0.717, 1.165) is 24.5 Å². The first kappa shape index (κ1) is 16.2. The number of hydrogen-bond acceptors (Lipinski definition) is 7. The topological polar surface area (TPSA) is 87.4 Å². The van der Waals surface area contributed by atoms with Gasteiger partial charge in [-0.3, -0.25) is 4.79 Å². The van der Waals surface area contributed by atoms with E-state index in [1.165, 1.54) is 6.26 Å². The van der Waals surface area contributed by atoms with Crippen LogP contribution in [0.3, 0.4) is 0 Å². The average molecular weight is 330 g/mol. The normalized spacial score (nSPS) is 15.4. The molecular formula is C16H22N6O2. The minimum Gasteiger partial charge on any atom is -0.448 e. The Morgan fingerprint density at radius 1 is 1.33 bits per heavy atom. The number of anilines is 2. The summed E-state index contributed by atoms with van der Waals surface area (Å²) in [5, 5.41) is 3.43. The lowest BCUT2D eigenvalue weighted by Gasteiger charge is -2.32. The highest BCUT2D eigenvalue weighted by Crippen LogP contribution is 2.18. The Balaban J connectivity index is 1.55. The minimum absolute atomic E-state index is 0.0674. The van der Waals surface area contributed by atoms with Gasteiger partial charge in [0.15, 0.2) is 11.6 Å². The molecule has 3 heterocycles. The Labute approximate surface area is 140 Å². The van der Waals surface area contributed by atoms with Crippen LogP contribution in [0.4, 0.5) is 11.6 Å². The largest absolute Gasteiger partial charge is 0.448 e. The molecule has 128 valence electrons. The van der Waals surface area contributed by atoms with Crippen LogP contribution >= 0.6 is 0 Å². The van der Waals surface area contributed by atoms with E-state index in [-0.39, 0.29) is 11.9 Å². The zero-order valence-corrected chi connectivity index (χ0v) is 14.2. The van der Waals surface area contributed by atoms with Crippen molar-refractivity contribution in [2.45, 2.75) is 25.8 Å². The van der Waals surface area contributed by atoms with E-state index in [0.29, 0.717) is 24.7 Å². The van der Waals surface area contributed by atoms with Crippen LogP contribution in [0.1, 0.15) is 29.2 Å². The number of piperidine rings is 1. The molecule has 1 saturated heterocycles. The number of nitrogens with zero attached hydrogens (tertiary/aromatic N) is 5. The summed E-state index contributed by atoms with van der Waals surface area (Å²) in [5.41, 5.74) is 0.380. The number of nitrogens with one attached hydrogen (secondary N) is 1. The molecule has 1 N–H and O–H groups in total. The molecule has 0 saturated carbocycles. The molecule has 3 rings (SSSR count). The molecule has 0 spiro atoms. The molecule has 1 aliphatic rings. The van der Waals surface area contributed by atoms with Gasteiger partial charge in [-0.25, -0.2) is 15.0 Å². The van der Waals surface area contributed by atoms with Gasteiger partial charge in [0, 0.05) is 46.2 Å². The number of likely N-dealkylation sites (tertiary alicyclic amines) is 1. The van der Waals surface area contributed by atoms with Gasteiger partial charge in [0.25, 0.3) is 5.91 Å². The summed E-state index contributed by atoms with van der Waals surface area (Å²) in [5.74, 6) is 2.12. The van der Waals surface area contributed by atoms with Crippen molar-refractivity contribution in [2.75, 3.05) is 37.4 Å². The van der Waals surface area contributed by atoms with Crippen molar-refractivity contribution in [2.24, 2.45) is 0 Å². The van der Waals surface area contributed by atoms with E-state index >= 15 is 0 Å². The number of aryl methyl sites for hydroxylation is 1. The zero-order valence-electron chi connectivity index (χ0n) is 14.2. The Kier molecular flexibility index (Phi) is 4.64. The Morgan fingerprint density at radius 3 is 2.71 bits per heavy atom. The van der Waals surface area contributed by atoms with Crippen molar-refractivity contribution in [1.82, 2.24) is 19.9 Å². The maximum absolute atomic E-state index is 12.4. The van der Waals surface area contributed by atoms with Crippen LogP contribution in [0.15, 0.2) is 23.1 Å². The average Bonchev–Trinajstić information content (AvgIpc) is 3.01. The van der Waals surface area contributed by atoms with Crippen LogP contribution < -0.4 is 10.2 Å². The third kappa shape index (κ3) is 3.64. The lowest BCUT2D eigenvalue weighted by Crippen LogP contribution is -2.42. The van der Waals surface area contributed by atoms with Gasteiger partial charge in [0.1, 0.15) is 24.2 Å². The SMILES string of the molecule is Cc1nc(C(=O)N2CCC(Nc3cc(N(C)C)ncn3)CC2)co1. The first-order valence-corrected chi connectivity index (χ1v) is 8.00. The van der Waals surface area contributed by atoms with E-state index in [1.807, 2.05) is 30.0 Å². The molecule has 1 fully saturated rings. The van der Waals surface area contributed by atoms with Crippen LogP contribution in [-0.2, 0) is 0 Å². The van der Waals surface area contributed by atoms with Crippen molar-refractivity contribution in [1.29, 1.82) is 0 Å². The summed E-state index contributed by atoms with van der Waals surface area (Å²) in [6.45, 7) is 3.11. The smallest absolute Gasteiger partial charge is 0.275 e. The van der Waals surface area contributed by atoms with Crippen molar-refractivity contribution in [3.05, 3.63) is 30.2 Å². The zero-order chi connectivity index (χ0) is 17.1. The number of aromatic nitrogens is 3. The summed E-state index contributed by atoms with van der Waals surface area (Å²) < 4.78 is 5.12. The molecule has 1 aliphatic heterocycles. The van der Waals surface area contributed by atoms with Crippen molar-refractivity contribution < 1.29 is 9.21 Å². The Hall–Kier alpha value is -2.64. The number of carbonyl (C=O) groups is 1. The first-order chi connectivity index (χ1) is 11.5. The van der Waals surface area contributed by atoms with Crippen LogP contribution in [0.2, 0.25) is 0 Å². The molecule has 0 atom stereocenters. The van der Waals surface area contributed by atoms with E-state index < -0.39 is 0 Å². The standard InChI is InChI=1S/C16H22N6O2/c1-11-19-13(9-24-11)16(23)22-6-4-12(5-7-22)20-14-8-15(21(2)3)18-10-17-14/h8-10,12H,4-7H2,1-3H3,(H,17,18,20). The van der Waals surface area contributed by atoms with Crippen LogP contribution in [0.25, 0.3) is 0 Å². The highest BCUT2D eigenvalue weighted by molar-refractivity contribution is 5.92. The third-order valence-electron chi connectivity index (χ3n) is 4.08. The summed E-state index contributed by atoms with van der Waals surface area (Å²) in [6.07, 6.45) is 4.71. The summed E-state index contributed by atoms with van der Waals surface area (Å²) >= 11 is 0. The summed E-state index contributed by atoms with van der Waals surface area (Å²) in [7, 11) is 3.89. The van der Waals surface area contributed by atoms with Crippen LogP contribution in [-0.4, -0.2) is 59.0 Å². The van der Waals surface area contributed by atoms with E-state index in [1.54, 1.807) is 13.3 Å². The van der Waals surface area contributed by atoms with Gasteiger partial charge in [-0.1, -0.05) is 0 Å². The Morgan fingerprint density at radius 2 is 2.08 bits per heavy atom. The first-order valence-electron chi connectivity index (χ1n) is 8.00. The fourth-order valence-electron chi connectivity index (χ4n) is 2.73. The number of rotatable bonds is 4. The molecular weight excluding hydrogens is 308 g/mol. The highest BCUT2D eigenvalue weighted by Gasteiger charge is 2.25. The summed E-state index contributed by atoms with van der Waals surface area (Å²) in [6, 6.07) is 2.22. The van der Waals surface area contributed by atoms with Crippen LogP contribution in [0, 0.1) is 6.92 Å². The maximum atomic E-state index is 12.4. The van der Waals surface area contributed by atoms with E-state index in [9.17, 15) is 4.79 Å². The second-order valence-corrected chi connectivity index (χ2v) is 6.12. The summed E-state index contributed by atoms with van der Waals surface area (Å²) in [4.78, 5) is 28.7. The molecule has 1 amide bonds. The molecule has 0 aliphatic carbocycles. The van der Waals surface area contributed by atoms with Crippen molar-refractivity contribution >= 4 is 17.5 Å². The molecule has 0 bridgehead atoms. The lowest BCUT2D eigenvalue weighted by molar-refractivity contribution is 0.0712. The number of carbonyl (C=O) groups excluding carboxylic acids is 1. The second-order valence-electron chi connectivity index (χ2n) is 6.12. The number of oxazole rings is 1. The second kappa shape index (κ2) is 6.86. The van der Waals surface area contributed by atoms with Gasteiger partial charge in [-0.15, -0.1) is 0 Å². The van der Waals surface area contributed by atoms with Gasteiger partial charge in [0.2, 0.25) is 0 Å². The van der Waals surface area contributed by atoms with Gasteiger partial charge < -0.3 is 19.5 Å². The highest BCUT2D eigenvalue weighted by atomic mass is 16.3.